The molecule has 2 aromatic rings. The number of nitrogens with zero attached hydrogens (tertiary/aromatic N) is 5. The summed E-state index contributed by atoms with van der Waals surface area (Å²) < 4.78 is 0. The molecule has 2 aromatic heterocycles. The molecule has 0 bridgehead atoms. The highest BCUT2D eigenvalue weighted by atomic mass is 32.1. The summed E-state index contributed by atoms with van der Waals surface area (Å²) in [6.45, 7) is 3.01. The van der Waals surface area contributed by atoms with E-state index >= 15 is 0 Å². The van der Waals surface area contributed by atoms with Crippen LogP contribution in [0.3, 0.4) is 0 Å². The van der Waals surface area contributed by atoms with Gasteiger partial charge in [0, 0.05) is 38.3 Å². The van der Waals surface area contributed by atoms with Crippen LogP contribution < -0.4 is 4.90 Å². The van der Waals surface area contributed by atoms with E-state index in [9.17, 15) is 4.79 Å². The summed E-state index contributed by atoms with van der Waals surface area (Å²) in [7, 11) is 0. The van der Waals surface area contributed by atoms with Crippen molar-refractivity contribution in [3.63, 3.8) is 0 Å². The van der Waals surface area contributed by atoms with Crippen LogP contribution in [-0.2, 0) is 0 Å². The molecular weight excluding hydrogens is 334 g/mol. The largest absolute Gasteiger partial charge is 0.343 e. The molecule has 2 aliphatic rings. The number of aromatic nitrogens is 3. The topological polar surface area (TPSA) is 62.2 Å². The molecule has 25 heavy (non-hydrogen) atoms. The SMILES string of the molecule is O=C(c1ccccn1)N1CCN(c2nnc(C3CCCCC3)s2)CC1. The maximum absolute atomic E-state index is 12.5. The van der Waals surface area contributed by atoms with Crippen LogP contribution in [0.15, 0.2) is 24.4 Å². The second-order valence-electron chi connectivity index (χ2n) is 6.75. The molecule has 3 heterocycles. The molecule has 0 aromatic carbocycles. The van der Waals surface area contributed by atoms with Gasteiger partial charge in [0.25, 0.3) is 5.91 Å². The fourth-order valence-electron chi connectivity index (χ4n) is 3.62. The number of pyridine rings is 1. The van der Waals surface area contributed by atoms with Gasteiger partial charge in [-0.05, 0) is 25.0 Å². The number of hydrogen-bond acceptors (Lipinski definition) is 6. The van der Waals surface area contributed by atoms with Gasteiger partial charge in [-0.3, -0.25) is 9.78 Å². The summed E-state index contributed by atoms with van der Waals surface area (Å²) in [6, 6.07) is 5.45. The van der Waals surface area contributed by atoms with Crippen LogP contribution in [0.4, 0.5) is 5.13 Å². The fraction of sp³-hybridized carbons (Fsp3) is 0.556. The first-order chi connectivity index (χ1) is 12.3. The molecular formula is C18H23N5OS. The monoisotopic (exact) mass is 357 g/mol. The first-order valence-electron chi connectivity index (χ1n) is 9.10. The quantitative estimate of drug-likeness (QED) is 0.845. The molecule has 2 fully saturated rings. The van der Waals surface area contributed by atoms with Crippen molar-refractivity contribution in [2.24, 2.45) is 0 Å². The molecule has 0 spiro atoms. The van der Waals surface area contributed by atoms with Crippen LogP contribution >= 0.6 is 11.3 Å². The predicted molar refractivity (Wildman–Crippen MR) is 98.1 cm³/mol. The number of hydrogen-bond donors (Lipinski definition) is 0. The molecule has 0 atom stereocenters. The number of anilines is 1. The third-order valence-corrected chi connectivity index (χ3v) is 6.25. The van der Waals surface area contributed by atoms with Crippen molar-refractivity contribution in [1.29, 1.82) is 0 Å². The maximum Gasteiger partial charge on any atom is 0.272 e. The molecule has 0 radical (unpaired) electrons. The molecule has 1 amide bonds. The lowest BCUT2D eigenvalue weighted by atomic mass is 9.90. The van der Waals surface area contributed by atoms with Crippen molar-refractivity contribution in [3.05, 3.63) is 35.1 Å². The maximum atomic E-state index is 12.5. The van der Waals surface area contributed by atoms with Gasteiger partial charge in [-0.25, -0.2) is 0 Å². The Kier molecular flexibility index (Phi) is 4.92. The molecule has 6 nitrogen and oxygen atoms in total. The Hall–Kier alpha value is -2.02. The lowest BCUT2D eigenvalue weighted by Gasteiger charge is -2.34. The summed E-state index contributed by atoms with van der Waals surface area (Å²) in [4.78, 5) is 20.8. The Labute approximate surface area is 151 Å². The molecule has 7 heteroatoms. The average Bonchev–Trinajstić information content (AvgIpc) is 3.19. The zero-order valence-electron chi connectivity index (χ0n) is 14.3. The van der Waals surface area contributed by atoms with Gasteiger partial charge in [-0.2, -0.15) is 0 Å². The van der Waals surface area contributed by atoms with Gasteiger partial charge in [-0.1, -0.05) is 36.7 Å². The highest BCUT2D eigenvalue weighted by Crippen LogP contribution is 2.36. The van der Waals surface area contributed by atoms with Crippen LogP contribution in [0, 0.1) is 0 Å². The average molecular weight is 357 g/mol. The number of amides is 1. The third kappa shape index (κ3) is 3.66. The highest BCUT2D eigenvalue weighted by molar-refractivity contribution is 7.15. The van der Waals surface area contributed by atoms with Crippen molar-refractivity contribution < 1.29 is 4.79 Å². The molecule has 132 valence electrons. The van der Waals surface area contributed by atoms with E-state index in [4.69, 9.17) is 0 Å². The number of rotatable bonds is 3. The van der Waals surface area contributed by atoms with Crippen LogP contribution in [0.2, 0.25) is 0 Å². The van der Waals surface area contributed by atoms with E-state index in [0.29, 0.717) is 24.7 Å². The van der Waals surface area contributed by atoms with Gasteiger partial charge in [0.15, 0.2) is 0 Å². The minimum absolute atomic E-state index is 0.0143. The minimum atomic E-state index is 0.0143. The molecule has 1 aliphatic heterocycles. The van der Waals surface area contributed by atoms with E-state index in [1.54, 1.807) is 23.6 Å². The third-order valence-electron chi connectivity index (χ3n) is 5.11. The minimum Gasteiger partial charge on any atom is -0.343 e. The first-order valence-corrected chi connectivity index (χ1v) is 9.91. The Morgan fingerprint density at radius 1 is 1.04 bits per heavy atom. The van der Waals surface area contributed by atoms with Gasteiger partial charge in [0.2, 0.25) is 5.13 Å². The molecule has 1 aliphatic carbocycles. The zero-order chi connectivity index (χ0) is 17.1. The smallest absolute Gasteiger partial charge is 0.272 e. The lowest BCUT2D eigenvalue weighted by Crippen LogP contribution is -2.49. The second-order valence-corrected chi connectivity index (χ2v) is 7.74. The van der Waals surface area contributed by atoms with Crippen molar-refractivity contribution in [2.75, 3.05) is 31.1 Å². The van der Waals surface area contributed by atoms with Crippen molar-refractivity contribution in [3.8, 4) is 0 Å². The van der Waals surface area contributed by atoms with Crippen molar-refractivity contribution in [2.45, 2.75) is 38.0 Å². The van der Waals surface area contributed by atoms with Crippen molar-refractivity contribution in [1.82, 2.24) is 20.1 Å². The lowest BCUT2D eigenvalue weighted by molar-refractivity contribution is 0.0741. The number of carbonyl (C=O) groups is 1. The Morgan fingerprint density at radius 3 is 2.56 bits per heavy atom. The predicted octanol–water partition coefficient (Wildman–Crippen LogP) is 2.94. The highest BCUT2D eigenvalue weighted by Gasteiger charge is 2.26. The number of carbonyl (C=O) groups excluding carboxylic acids is 1. The summed E-state index contributed by atoms with van der Waals surface area (Å²) in [6.07, 6.45) is 8.15. The van der Waals surface area contributed by atoms with E-state index in [0.717, 1.165) is 18.2 Å². The van der Waals surface area contributed by atoms with E-state index in [-0.39, 0.29) is 5.91 Å². The molecule has 4 rings (SSSR count). The van der Waals surface area contributed by atoms with E-state index in [2.05, 4.69) is 20.1 Å². The summed E-state index contributed by atoms with van der Waals surface area (Å²) in [5.41, 5.74) is 0.520. The Morgan fingerprint density at radius 2 is 1.84 bits per heavy atom. The molecule has 1 saturated heterocycles. The zero-order valence-corrected chi connectivity index (χ0v) is 15.1. The first kappa shape index (κ1) is 16.4. The van der Waals surface area contributed by atoms with Crippen LogP contribution in [0.5, 0.6) is 0 Å². The van der Waals surface area contributed by atoms with Gasteiger partial charge < -0.3 is 9.80 Å². The summed E-state index contributed by atoms with van der Waals surface area (Å²) >= 11 is 1.74. The van der Waals surface area contributed by atoms with Gasteiger partial charge in [0.05, 0.1) is 0 Å². The van der Waals surface area contributed by atoms with Gasteiger partial charge >= 0.3 is 0 Å². The Balaban J connectivity index is 1.36. The normalized spacial score (nSPS) is 19.2. The summed E-state index contributed by atoms with van der Waals surface area (Å²) in [5, 5.41) is 11.1. The van der Waals surface area contributed by atoms with Crippen LogP contribution in [-0.4, -0.2) is 52.2 Å². The van der Waals surface area contributed by atoms with Gasteiger partial charge in [-0.15, -0.1) is 10.2 Å². The summed E-state index contributed by atoms with van der Waals surface area (Å²) in [5.74, 6) is 0.618. The van der Waals surface area contributed by atoms with Crippen LogP contribution in [0.1, 0.15) is 53.5 Å². The molecule has 0 unspecified atom stereocenters. The molecule has 0 N–H and O–H groups in total. The fourth-order valence-corrected chi connectivity index (χ4v) is 4.69. The number of piperazine rings is 1. The standard InChI is InChI=1S/C18H23N5OS/c24-17(15-8-4-5-9-19-15)22-10-12-23(13-11-22)18-21-20-16(25-18)14-6-2-1-3-7-14/h4-5,8-9,14H,1-3,6-7,10-13H2. The van der Waals surface area contributed by atoms with E-state index in [1.165, 1.54) is 37.1 Å². The van der Waals surface area contributed by atoms with Crippen LogP contribution in [0.25, 0.3) is 0 Å². The van der Waals surface area contributed by atoms with Gasteiger partial charge in [0.1, 0.15) is 10.7 Å². The second kappa shape index (κ2) is 7.47. The van der Waals surface area contributed by atoms with Crippen molar-refractivity contribution >= 4 is 22.4 Å². The molecule has 1 saturated carbocycles. The van der Waals surface area contributed by atoms with E-state index in [1.807, 2.05) is 17.0 Å². The Bertz CT molecular complexity index is 705. The van der Waals surface area contributed by atoms with E-state index < -0.39 is 0 Å².